The van der Waals surface area contributed by atoms with Crippen molar-refractivity contribution in [2.75, 3.05) is 23.4 Å². The zero-order valence-electron chi connectivity index (χ0n) is 12.9. The molecule has 1 aromatic carbocycles. The number of carbonyl (C=O) groups excluding carboxylic acids is 2. The molecule has 0 saturated carbocycles. The molecule has 0 aliphatic carbocycles. The number of urea groups is 1. The van der Waals surface area contributed by atoms with Gasteiger partial charge in [0.1, 0.15) is 0 Å². The molecule has 25 heavy (non-hydrogen) atoms. The lowest BCUT2D eigenvalue weighted by Gasteiger charge is -2.12. The summed E-state index contributed by atoms with van der Waals surface area (Å²) in [6, 6.07) is 2.67. The molecule has 138 valence electrons. The van der Waals surface area contributed by atoms with Gasteiger partial charge in [0.15, 0.2) is 9.84 Å². The largest absolute Gasteiger partial charge is 0.416 e. The van der Waals surface area contributed by atoms with Crippen molar-refractivity contribution in [1.82, 2.24) is 10.6 Å². The molecule has 0 radical (unpaired) electrons. The molecule has 1 aliphatic rings. The molecule has 0 bridgehead atoms. The summed E-state index contributed by atoms with van der Waals surface area (Å²) in [5.74, 6) is -0.765. The van der Waals surface area contributed by atoms with Crippen molar-refractivity contribution in [3.05, 3.63) is 29.8 Å². The third kappa shape index (κ3) is 5.93. The summed E-state index contributed by atoms with van der Waals surface area (Å²) in [4.78, 5) is 23.3. The first-order chi connectivity index (χ1) is 11.5. The van der Waals surface area contributed by atoms with Gasteiger partial charge in [0.25, 0.3) is 0 Å². The maximum atomic E-state index is 12.4. The van der Waals surface area contributed by atoms with E-state index in [4.69, 9.17) is 0 Å². The van der Waals surface area contributed by atoms with Crippen molar-refractivity contribution in [3.8, 4) is 0 Å². The van der Waals surface area contributed by atoms with Crippen molar-refractivity contribution in [1.29, 1.82) is 0 Å². The minimum Gasteiger partial charge on any atom is -0.334 e. The standard InChI is InChI=1S/C14H16F3N3O4S/c15-14(16,17)9-1-3-10(4-2-9)19-12(21)7-18-13(22)20-11-5-6-25(23,24)8-11/h1-4,11H,5-8H2,(H,19,21)(H2,18,20,22). The molecular weight excluding hydrogens is 363 g/mol. The summed E-state index contributed by atoms with van der Waals surface area (Å²) < 4.78 is 59.8. The minimum absolute atomic E-state index is 0.00630. The fourth-order valence-electron chi connectivity index (χ4n) is 2.25. The third-order valence-corrected chi connectivity index (χ3v) is 5.24. The Hall–Kier alpha value is -2.30. The van der Waals surface area contributed by atoms with E-state index in [-0.39, 0.29) is 17.2 Å². The van der Waals surface area contributed by atoms with E-state index in [9.17, 15) is 31.2 Å². The second-order valence-corrected chi connectivity index (χ2v) is 7.78. The van der Waals surface area contributed by atoms with Crippen LogP contribution in [0.1, 0.15) is 12.0 Å². The first-order valence-corrected chi connectivity index (χ1v) is 9.09. The highest BCUT2D eigenvalue weighted by atomic mass is 32.2. The van der Waals surface area contributed by atoms with Crippen LogP contribution in [-0.2, 0) is 20.8 Å². The number of hydrogen-bond donors (Lipinski definition) is 3. The zero-order chi connectivity index (χ0) is 18.7. The molecule has 0 aromatic heterocycles. The van der Waals surface area contributed by atoms with Crippen molar-refractivity contribution in [2.45, 2.75) is 18.6 Å². The Morgan fingerprint density at radius 2 is 1.80 bits per heavy atom. The van der Waals surface area contributed by atoms with E-state index in [0.717, 1.165) is 24.3 Å². The predicted octanol–water partition coefficient (Wildman–Crippen LogP) is 1.13. The average Bonchev–Trinajstić information content (AvgIpc) is 2.83. The number of anilines is 1. The number of benzene rings is 1. The van der Waals surface area contributed by atoms with Crippen molar-refractivity contribution in [3.63, 3.8) is 0 Å². The van der Waals surface area contributed by atoms with E-state index < -0.39 is 46.1 Å². The van der Waals surface area contributed by atoms with Gasteiger partial charge in [-0.2, -0.15) is 13.2 Å². The fourth-order valence-corrected chi connectivity index (χ4v) is 3.93. The Morgan fingerprint density at radius 1 is 1.16 bits per heavy atom. The van der Waals surface area contributed by atoms with Crippen LogP contribution in [0, 0.1) is 0 Å². The van der Waals surface area contributed by atoms with Gasteiger partial charge in [-0.25, -0.2) is 13.2 Å². The van der Waals surface area contributed by atoms with Gasteiger partial charge in [-0.1, -0.05) is 0 Å². The molecule has 1 atom stereocenters. The quantitative estimate of drug-likeness (QED) is 0.729. The van der Waals surface area contributed by atoms with Gasteiger partial charge in [-0.3, -0.25) is 4.79 Å². The smallest absolute Gasteiger partial charge is 0.334 e. The highest BCUT2D eigenvalue weighted by Gasteiger charge is 2.30. The Kier molecular flexibility index (Phi) is 5.55. The Balaban J connectivity index is 1.76. The van der Waals surface area contributed by atoms with Crippen LogP contribution in [0.5, 0.6) is 0 Å². The lowest BCUT2D eigenvalue weighted by Crippen LogP contribution is -2.45. The van der Waals surface area contributed by atoms with Crippen LogP contribution in [0.25, 0.3) is 0 Å². The predicted molar refractivity (Wildman–Crippen MR) is 83.7 cm³/mol. The average molecular weight is 379 g/mol. The minimum atomic E-state index is -4.46. The van der Waals surface area contributed by atoms with Crippen LogP contribution in [0.2, 0.25) is 0 Å². The van der Waals surface area contributed by atoms with Crippen molar-refractivity contribution in [2.24, 2.45) is 0 Å². The van der Waals surface area contributed by atoms with Gasteiger partial charge in [0.2, 0.25) is 5.91 Å². The summed E-state index contributed by atoms with van der Waals surface area (Å²) >= 11 is 0. The molecule has 3 amide bonds. The van der Waals surface area contributed by atoms with E-state index in [1.165, 1.54) is 0 Å². The van der Waals surface area contributed by atoms with Gasteiger partial charge in [-0.15, -0.1) is 0 Å². The lowest BCUT2D eigenvalue weighted by atomic mass is 10.2. The third-order valence-electron chi connectivity index (χ3n) is 3.47. The molecule has 0 spiro atoms. The number of amides is 3. The normalized spacial score (nSPS) is 19.2. The topological polar surface area (TPSA) is 104 Å². The summed E-state index contributed by atoms with van der Waals surface area (Å²) in [7, 11) is -3.13. The van der Waals surface area contributed by atoms with E-state index in [0.29, 0.717) is 6.42 Å². The molecule has 7 nitrogen and oxygen atoms in total. The molecule has 1 heterocycles. The van der Waals surface area contributed by atoms with Gasteiger partial charge in [-0.05, 0) is 30.7 Å². The second kappa shape index (κ2) is 7.30. The lowest BCUT2D eigenvalue weighted by molar-refractivity contribution is -0.137. The van der Waals surface area contributed by atoms with Crippen LogP contribution in [0.4, 0.5) is 23.7 Å². The Bertz CT molecular complexity index is 748. The summed E-state index contributed by atoms with van der Waals surface area (Å²) in [6.07, 6.45) is -4.15. The summed E-state index contributed by atoms with van der Waals surface area (Å²) in [5.41, 5.74) is -0.684. The van der Waals surface area contributed by atoms with Gasteiger partial charge >= 0.3 is 12.2 Å². The number of hydrogen-bond acceptors (Lipinski definition) is 4. The van der Waals surface area contributed by atoms with E-state index in [1.807, 2.05) is 0 Å². The van der Waals surface area contributed by atoms with E-state index in [1.54, 1.807) is 0 Å². The van der Waals surface area contributed by atoms with Crippen molar-refractivity contribution < 1.29 is 31.2 Å². The monoisotopic (exact) mass is 379 g/mol. The van der Waals surface area contributed by atoms with Gasteiger partial charge in [0.05, 0.1) is 23.6 Å². The molecule has 3 N–H and O–H groups in total. The Labute approximate surface area is 141 Å². The maximum absolute atomic E-state index is 12.4. The van der Waals surface area contributed by atoms with Crippen molar-refractivity contribution >= 4 is 27.5 Å². The van der Waals surface area contributed by atoms with E-state index >= 15 is 0 Å². The van der Waals surface area contributed by atoms with Gasteiger partial charge in [0, 0.05) is 11.7 Å². The molecule has 1 aliphatic heterocycles. The number of alkyl halides is 3. The number of halogens is 3. The van der Waals surface area contributed by atoms with Crippen LogP contribution in [-0.4, -0.2) is 44.4 Å². The highest BCUT2D eigenvalue weighted by molar-refractivity contribution is 7.91. The number of nitrogens with one attached hydrogen (secondary N) is 3. The number of carbonyl (C=O) groups is 2. The van der Waals surface area contributed by atoms with Crippen LogP contribution < -0.4 is 16.0 Å². The molecule has 1 aromatic rings. The molecular formula is C14H16F3N3O4S. The number of sulfone groups is 1. The number of rotatable bonds is 4. The molecule has 2 rings (SSSR count). The maximum Gasteiger partial charge on any atom is 0.416 e. The van der Waals surface area contributed by atoms with E-state index in [2.05, 4.69) is 16.0 Å². The van der Waals surface area contributed by atoms with Gasteiger partial charge < -0.3 is 16.0 Å². The fraction of sp³-hybridized carbons (Fsp3) is 0.429. The Morgan fingerprint density at radius 3 is 2.32 bits per heavy atom. The summed E-state index contributed by atoms with van der Waals surface area (Å²) in [5, 5.41) is 7.04. The molecule has 1 saturated heterocycles. The first kappa shape index (κ1) is 19.0. The highest BCUT2D eigenvalue weighted by Crippen LogP contribution is 2.29. The molecule has 11 heteroatoms. The molecule has 1 fully saturated rings. The van der Waals surface area contributed by atoms with Crippen LogP contribution >= 0.6 is 0 Å². The SMILES string of the molecule is O=C(CNC(=O)NC1CCS(=O)(=O)C1)Nc1ccc(C(F)(F)F)cc1. The second-order valence-electron chi connectivity index (χ2n) is 5.55. The first-order valence-electron chi connectivity index (χ1n) is 7.27. The molecule has 1 unspecified atom stereocenters. The van der Waals surface area contributed by atoms with Crippen LogP contribution in [0.15, 0.2) is 24.3 Å². The van der Waals surface area contributed by atoms with Crippen LogP contribution in [0.3, 0.4) is 0 Å². The summed E-state index contributed by atoms with van der Waals surface area (Å²) in [6.45, 7) is -0.410. The zero-order valence-corrected chi connectivity index (χ0v) is 13.7.